The molecule has 0 saturated heterocycles. The van der Waals surface area contributed by atoms with Gasteiger partial charge in [0.15, 0.2) is 0 Å². The Kier molecular flexibility index (Phi) is 2.94. The Balaban J connectivity index is 2.53. The molecule has 0 amide bonds. The fourth-order valence-corrected chi connectivity index (χ4v) is 1.47. The van der Waals surface area contributed by atoms with E-state index in [1.54, 1.807) is 0 Å². The highest BCUT2D eigenvalue weighted by Crippen LogP contribution is 2.32. The van der Waals surface area contributed by atoms with Crippen molar-refractivity contribution in [1.82, 2.24) is 4.98 Å². The molecule has 1 aromatic heterocycles. The minimum atomic E-state index is -4.54. The fourth-order valence-electron chi connectivity index (χ4n) is 1.47. The van der Waals surface area contributed by atoms with Crippen LogP contribution in [0.1, 0.15) is 5.69 Å². The zero-order chi connectivity index (χ0) is 13.3. The lowest BCUT2D eigenvalue weighted by atomic mass is 10.1. The first kappa shape index (κ1) is 12.3. The molecule has 2 rings (SSSR count). The Morgan fingerprint density at radius 1 is 0.944 bits per heavy atom. The first-order valence-electron chi connectivity index (χ1n) is 4.97. The second kappa shape index (κ2) is 4.29. The lowest BCUT2D eigenvalue weighted by Gasteiger charge is -2.10. The molecule has 18 heavy (non-hydrogen) atoms. The molecule has 0 saturated carbocycles. The lowest BCUT2D eigenvalue weighted by Crippen LogP contribution is -2.09. The third-order valence-electron chi connectivity index (χ3n) is 2.33. The lowest BCUT2D eigenvalue weighted by molar-refractivity contribution is -0.141. The van der Waals surface area contributed by atoms with Gasteiger partial charge in [0.2, 0.25) is 0 Å². The van der Waals surface area contributed by atoms with Crippen molar-refractivity contribution in [2.24, 2.45) is 0 Å². The molecule has 0 spiro atoms. The van der Waals surface area contributed by atoms with Crippen LogP contribution in [-0.2, 0) is 6.18 Å². The van der Waals surface area contributed by atoms with Gasteiger partial charge in [-0.25, -0.2) is 9.37 Å². The number of pyridine rings is 1. The van der Waals surface area contributed by atoms with E-state index in [9.17, 15) is 17.6 Å². The molecule has 0 atom stereocenters. The molecular weight excluding hydrogens is 248 g/mol. The molecule has 94 valence electrons. The van der Waals surface area contributed by atoms with Crippen LogP contribution in [0.3, 0.4) is 0 Å². The molecule has 0 aliphatic heterocycles. The zero-order valence-corrected chi connectivity index (χ0v) is 9.00. The van der Waals surface area contributed by atoms with Crippen LogP contribution in [0.25, 0.3) is 11.3 Å². The number of rotatable bonds is 1. The molecule has 0 bridgehead atoms. The second-order valence-electron chi connectivity index (χ2n) is 3.64. The maximum absolute atomic E-state index is 12.7. The Morgan fingerprint density at radius 2 is 1.56 bits per heavy atom. The Bertz CT molecular complexity index is 561. The van der Waals surface area contributed by atoms with E-state index < -0.39 is 17.7 Å². The molecule has 0 aliphatic rings. The number of nitrogens with zero attached hydrogens (tertiary/aromatic N) is 1. The van der Waals surface area contributed by atoms with E-state index in [0.29, 0.717) is 5.56 Å². The molecule has 0 radical (unpaired) electrons. The summed E-state index contributed by atoms with van der Waals surface area (Å²) < 4.78 is 50.3. The standard InChI is InChI=1S/C12H8F4N2/c13-8-3-1-7(2-4-8)11-9(17)5-6-10(18-11)12(14,15)16/h1-6H,17H2. The summed E-state index contributed by atoms with van der Waals surface area (Å²) >= 11 is 0. The number of nitrogen functional groups attached to an aromatic ring is 1. The van der Waals surface area contributed by atoms with Crippen LogP contribution in [0.5, 0.6) is 0 Å². The van der Waals surface area contributed by atoms with Gasteiger partial charge in [-0.05, 0) is 36.4 Å². The van der Waals surface area contributed by atoms with Crippen molar-refractivity contribution in [2.45, 2.75) is 6.18 Å². The van der Waals surface area contributed by atoms with Gasteiger partial charge in [0.05, 0.1) is 11.4 Å². The van der Waals surface area contributed by atoms with Gasteiger partial charge in [-0.2, -0.15) is 13.2 Å². The monoisotopic (exact) mass is 256 g/mol. The number of halogens is 4. The van der Waals surface area contributed by atoms with E-state index >= 15 is 0 Å². The van der Waals surface area contributed by atoms with Crippen molar-refractivity contribution in [3.8, 4) is 11.3 Å². The van der Waals surface area contributed by atoms with E-state index in [4.69, 9.17) is 5.73 Å². The molecule has 1 heterocycles. The maximum atomic E-state index is 12.7. The Labute approximate surface area is 100 Å². The average Bonchev–Trinajstić information content (AvgIpc) is 2.29. The van der Waals surface area contributed by atoms with Crippen molar-refractivity contribution in [1.29, 1.82) is 0 Å². The van der Waals surface area contributed by atoms with Crippen molar-refractivity contribution in [3.05, 3.63) is 47.9 Å². The SMILES string of the molecule is Nc1ccc(C(F)(F)F)nc1-c1ccc(F)cc1. The molecule has 2 aromatic rings. The van der Waals surface area contributed by atoms with Gasteiger partial charge >= 0.3 is 6.18 Å². The molecular formula is C12H8F4N2. The van der Waals surface area contributed by atoms with Gasteiger partial charge in [0.25, 0.3) is 0 Å². The van der Waals surface area contributed by atoms with E-state index in [0.717, 1.165) is 24.3 Å². The van der Waals surface area contributed by atoms with Gasteiger partial charge in [-0.3, -0.25) is 0 Å². The Morgan fingerprint density at radius 3 is 2.11 bits per heavy atom. The van der Waals surface area contributed by atoms with Crippen LogP contribution in [0.15, 0.2) is 36.4 Å². The van der Waals surface area contributed by atoms with E-state index in [2.05, 4.69) is 4.98 Å². The summed E-state index contributed by atoms with van der Waals surface area (Å²) in [6.45, 7) is 0. The van der Waals surface area contributed by atoms with E-state index in [1.807, 2.05) is 0 Å². The van der Waals surface area contributed by atoms with Crippen LogP contribution < -0.4 is 5.73 Å². The summed E-state index contributed by atoms with van der Waals surface area (Å²) in [4.78, 5) is 3.47. The fraction of sp³-hybridized carbons (Fsp3) is 0.0833. The summed E-state index contributed by atoms with van der Waals surface area (Å²) in [7, 11) is 0. The molecule has 0 aliphatic carbocycles. The largest absolute Gasteiger partial charge is 0.433 e. The number of hydrogen-bond donors (Lipinski definition) is 1. The smallest absolute Gasteiger partial charge is 0.397 e. The third kappa shape index (κ3) is 2.42. The Hall–Kier alpha value is -2.11. The zero-order valence-electron chi connectivity index (χ0n) is 9.00. The molecule has 0 unspecified atom stereocenters. The number of anilines is 1. The predicted octanol–water partition coefficient (Wildman–Crippen LogP) is 3.49. The van der Waals surface area contributed by atoms with Gasteiger partial charge in [0, 0.05) is 5.56 Å². The van der Waals surface area contributed by atoms with Gasteiger partial charge < -0.3 is 5.73 Å². The summed E-state index contributed by atoms with van der Waals surface area (Å²) in [6, 6.07) is 6.87. The normalized spacial score (nSPS) is 11.6. The number of aromatic nitrogens is 1. The van der Waals surface area contributed by atoms with Crippen LogP contribution in [0, 0.1) is 5.82 Å². The first-order chi connectivity index (χ1) is 8.38. The number of hydrogen-bond acceptors (Lipinski definition) is 2. The molecule has 6 heteroatoms. The molecule has 1 aromatic carbocycles. The number of alkyl halides is 3. The van der Waals surface area contributed by atoms with Crippen LogP contribution in [0.4, 0.5) is 23.2 Å². The highest BCUT2D eigenvalue weighted by Gasteiger charge is 2.32. The molecule has 2 nitrogen and oxygen atoms in total. The highest BCUT2D eigenvalue weighted by molar-refractivity contribution is 5.72. The number of nitrogens with two attached hydrogens (primary N) is 1. The summed E-state index contributed by atoms with van der Waals surface area (Å²) in [6.07, 6.45) is -4.54. The van der Waals surface area contributed by atoms with Crippen molar-refractivity contribution in [3.63, 3.8) is 0 Å². The number of benzene rings is 1. The highest BCUT2D eigenvalue weighted by atomic mass is 19.4. The summed E-state index contributed by atoms with van der Waals surface area (Å²) in [5.41, 5.74) is 4.98. The van der Waals surface area contributed by atoms with Crippen LogP contribution in [0.2, 0.25) is 0 Å². The summed E-state index contributed by atoms with van der Waals surface area (Å²) in [5.74, 6) is -0.482. The first-order valence-corrected chi connectivity index (χ1v) is 4.97. The van der Waals surface area contributed by atoms with Crippen molar-refractivity contribution < 1.29 is 17.6 Å². The third-order valence-corrected chi connectivity index (χ3v) is 2.33. The minimum absolute atomic E-state index is 0.00942. The van der Waals surface area contributed by atoms with Crippen LogP contribution in [-0.4, -0.2) is 4.98 Å². The summed E-state index contributed by atoms with van der Waals surface area (Å²) in [5, 5.41) is 0. The van der Waals surface area contributed by atoms with E-state index in [1.165, 1.54) is 12.1 Å². The quantitative estimate of drug-likeness (QED) is 0.793. The van der Waals surface area contributed by atoms with E-state index in [-0.39, 0.29) is 11.4 Å². The minimum Gasteiger partial charge on any atom is -0.397 e. The van der Waals surface area contributed by atoms with Gasteiger partial charge in [-0.1, -0.05) is 0 Å². The van der Waals surface area contributed by atoms with Gasteiger partial charge in [-0.15, -0.1) is 0 Å². The molecule has 0 fully saturated rings. The topological polar surface area (TPSA) is 38.9 Å². The van der Waals surface area contributed by atoms with Crippen molar-refractivity contribution >= 4 is 5.69 Å². The second-order valence-corrected chi connectivity index (χ2v) is 3.64. The average molecular weight is 256 g/mol. The van der Waals surface area contributed by atoms with Crippen LogP contribution >= 0.6 is 0 Å². The van der Waals surface area contributed by atoms with Gasteiger partial charge in [0.1, 0.15) is 11.5 Å². The maximum Gasteiger partial charge on any atom is 0.433 e. The molecule has 2 N–H and O–H groups in total. The predicted molar refractivity (Wildman–Crippen MR) is 59.0 cm³/mol. The van der Waals surface area contributed by atoms with Crippen molar-refractivity contribution in [2.75, 3.05) is 5.73 Å².